The summed E-state index contributed by atoms with van der Waals surface area (Å²) in [4.78, 5) is 14.3. The largest absolute Gasteiger partial charge is 0.481 e. The molecule has 154 valence electrons. The van der Waals surface area contributed by atoms with E-state index in [0.29, 0.717) is 30.8 Å². The predicted octanol–water partition coefficient (Wildman–Crippen LogP) is 2.74. The van der Waals surface area contributed by atoms with Gasteiger partial charge in [0.05, 0.1) is 6.10 Å². The maximum absolute atomic E-state index is 13.2. The number of ether oxygens (including phenoxy) is 2. The van der Waals surface area contributed by atoms with Gasteiger partial charge in [-0.2, -0.15) is 0 Å². The first-order valence-corrected chi connectivity index (χ1v) is 9.65. The Balaban J connectivity index is 1.57. The second kappa shape index (κ2) is 7.65. The van der Waals surface area contributed by atoms with Crippen molar-refractivity contribution in [2.75, 3.05) is 19.9 Å². The Morgan fingerprint density at radius 3 is 2.62 bits per heavy atom. The standard InChI is InChI=1S/C22H24FNO5/c1-14-8-18-19(29-13-28-18)9-16(14)11-24-7-6-20(25)22(12-24,21(26)27)10-15-2-4-17(23)5-3-15/h2-5,8-9,20,25H,6-7,10-13H2,1H3,(H,26,27)/t20-,22+/m0/s1. The maximum Gasteiger partial charge on any atom is 0.313 e. The molecule has 2 heterocycles. The Morgan fingerprint density at radius 1 is 1.24 bits per heavy atom. The van der Waals surface area contributed by atoms with Crippen LogP contribution in [0.4, 0.5) is 4.39 Å². The molecule has 2 aliphatic heterocycles. The van der Waals surface area contributed by atoms with E-state index in [0.717, 1.165) is 16.9 Å². The minimum atomic E-state index is -1.35. The monoisotopic (exact) mass is 401 g/mol. The molecule has 29 heavy (non-hydrogen) atoms. The molecule has 2 aromatic carbocycles. The number of rotatable bonds is 5. The quantitative estimate of drug-likeness (QED) is 0.802. The van der Waals surface area contributed by atoms with Crippen molar-refractivity contribution in [3.05, 3.63) is 58.9 Å². The first-order valence-electron chi connectivity index (χ1n) is 9.65. The second-order valence-corrected chi connectivity index (χ2v) is 7.91. The van der Waals surface area contributed by atoms with E-state index in [1.54, 1.807) is 12.1 Å². The van der Waals surface area contributed by atoms with Crippen LogP contribution < -0.4 is 9.47 Å². The summed E-state index contributed by atoms with van der Waals surface area (Å²) in [6.07, 6.45) is -0.475. The molecule has 6 nitrogen and oxygen atoms in total. The van der Waals surface area contributed by atoms with Crippen LogP contribution in [-0.2, 0) is 17.8 Å². The maximum atomic E-state index is 13.2. The average Bonchev–Trinajstić information content (AvgIpc) is 3.13. The fraction of sp³-hybridized carbons (Fsp3) is 0.409. The van der Waals surface area contributed by atoms with Gasteiger partial charge in [-0.1, -0.05) is 12.1 Å². The van der Waals surface area contributed by atoms with E-state index in [4.69, 9.17) is 9.47 Å². The summed E-state index contributed by atoms with van der Waals surface area (Å²) in [6.45, 7) is 3.53. The molecular weight excluding hydrogens is 377 g/mol. The van der Waals surface area contributed by atoms with Gasteiger partial charge in [0.1, 0.15) is 11.2 Å². The van der Waals surface area contributed by atoms with Crippen molar-refractivity contribution >= 4 is 5.97 Å². The Morgan fingerprint density at radius 2 is 1.93 bits per heavy atom. The van der Waals surface area contributed by atoms with E-state index >= 15 is 0 Å². The number of aliphatic hydroxyl groups is 1. The summed E-state index contributed by atoms with van der Waals surface area (Å²) in [7, 11) is 0. The topological polar surface area (TPSA) is 79.2 Å². The Kier molecular flexibility index (Phi) is 5.19. The van der Waals surface area contributed by atoms with Crippen molar-refractivity contribution in [2.24, 2.45) is 5.41 Å². The van der Waals surface area contributed by atoms with Gasteiger partial charge in [-0.3, -0.25) is 9.69 Å². The van der Waals surface area contributed by atoms with Gasteiger partial charge in [0.15, 0.2) is 11.5 Å². The lowest BCUT2D eigenvalue weighted by molar-refractivity contribution is -0.163. The molecule has 7 heteroatoms. The van der Waals surface area contributed by atoms with Crippen LogP contribution in [0, 0.1) is 18.2 Å². The Bertz CT molecular complexity index is 916. The third-order valence-electron chi connectivity index (χ3n) is 5.95. The van der Waals surface area contributed by atoms with E-state index in [9.17, 15) is 19.4 Å². The van der Waals surface area contributed by atoms with Gasteiger partial charge in [-0.15, -0.1) is 0 Å². The zero-order valence-electron chi connectivity index (χ0n) is 16.2. The molecule has 0 radical (unpaired) electrons. The highest BCUT2D eigenvalue weighted by atomic mass is 19.1. The predicted molar refractivity (Wildman–Crippen MR) is 103 cm³/mol. The van der Waals surface area contributed by atoms with Gasteiger partial charge < -0.3 is 19.7 Å². The molecule has 1 saturated heterocycles. The molecule has 1 fully saturated rings. The van der Waals surface area contributed by atoms with Crippen molar-refractivity contribution in [3.8, 4) is 11.5 Å². The van der Waals surface area contributed by atoms with Gasteiger partial charge >= 0.3 is 5.97 Å². The minimum Gasteiger partial charge on any atom is -0.481 e. The number of carboxylic acid groups (broad SMARTS) is 1. The summed E-state index contributed by atoms with van der Waals surface area (Å²) in [5, 5.41) is 20.7. The number of carbonyl (C=O) groups is 1. The number of halogens is 1. The molecule has 0 amide bonds. The smallest absolute Gasteiger partial charge is 0.313 e. The summed E-state index contributed by atoms with van der Waals surface area (Å²) in [5.74, 6) is -0.00127. The summed E-state index contributed by atoms with van der Waals surface area (Å²) in [6, 6.07) is 9.65. The van der Waals surface area contributed by atoms with Crippen molar-refractivity contribution < 1.29 is 28.9 Å². The molecule has 4 rings (SSSR count). The van der Waals surface area contributed by atoms with Crippen molar-refractivity contribution in [3.63, 3.8) is 0 Å². The number of aliphatic carboxylic acids is 1. The average molecular weight is 401 g/mol. The Hall–Kier alpha value is -2.64. The fourth-order valence-corrected chi connectivity index (χ4v) is 4.22. The number of nitrogens with zero attached hydrogens (tertiary/aromatic N) is 1. The van der Waals surface area contributed by atoms with Gasteiger partial charge in [0.25, 0.3) is 0 Å². The molecule has 0 bridgehead atoms. The molecule has 0 aromatic heterocycles. The molecular formula is C22H24FNO5. The van der Waals surface area contributed by atoms with Crippen LogP contribution >= 0.6 is 0 Å². The second-order valence-electron chi connectivity index (χ2n) is 7.91. The molecule has 2 aliphatic rings. The van der Waals surface area contributed by atoms with E-state index in [1.165, 1.54) is 12.1 Å². The highest BCUT2D eigenvalue weighted by molar-refractivity contribution is 5.76. The van der Waals surface area contributed by atoms with E-state index in [2.05, 4.69) is 4.90 Å². The molecule has 0 unspecified atom stereocenters. The van der Waals surface area contributed by atoms with Crippen molar-refractivity contribution in [1.82, 2.24) is 4.90 Å². The lowest BCUT2D eigenvalue weighted by Crippen LogP contribution is -2.56. The Labute approximate surface area is 168 Å². The first kappa shape index (κ1) is 19.7. The molecule has 0 spiro atoms. The summed E-state index contributed by atoms with van der Waals surface area (Å²) in [5.41, 5.74) is 1.42. The third-order valence-corrected chi connectivity index (χ3v) is 5.95. The van der Waals surface area contributed by atoms with Crippen LogP contribution in [0.1, 0.15) is 23.1 Å². The highest BCUT2D eigenvalue weighted by Crippen LogP contribution is 2.38. The van der Waals surface area contributed by atoms with Gasteiger partial charge in [0.2, 0.25) is 6.79 Å². The van der Waals surface area contributed by atoms with Crippen LogP contribution in [0.25, 0.3) is 0 Å². The van der Waals surface area contributed by atoms with E-state index < -0.39 is 17.5 Å². The number of aryl methyl sites for hydroxylation is 1. The van der Waals surface area contributed by atoms with E-state index in [-0.39, 0.29) is 25.6 Å². The lowest BCUT2D eigenvalue weighted by atomic mass is 9.72. The molecule has 2 N–H and O–H groups in total. The van der Waals surface area contributed by atoms with Crippen LogP contribution in [-0.4, -0.2) is 47.1 Å². The SMILES string of the molecule is Cc1cc2c(cc1CN1CC[C@H](O)[C@](Cc3ccc(F)cc3)(C(=O)O)C1)OCO2. The zero-order chi connectivity index (χ0) is 20.6. The van der Waals surface area contributed by atoms with Gasteiger partial charge in [-0.05, 0) is 60.7 Å². The molecule has 2 aromatic rings. The zero-order valence-corrected chi connectivity index (χ0v) is 16.2. The number of likely N-dealkylation sites (tertiary alicyclic amines) is 1. The normalized spacial score (nSPS) is 23.9. The highest BCUT2D eigenvalue weighted by Gasteiger charge is 2.49. The van der Waals surface area contributed by atoms with Crippen LogP contribution in [0.3, 0.4) is 0 Å². The van der Waals surface area contributed by atoms with Crippen LogP contribution in [0.15, 0.2) is 36.4 Å². The molecule has 2 atom stereocenters. The first-order chi connectivity index (χ1) is 13.9. The van der Waals surface area contributed by atoms with E-state index in [1.807, 2.05) is 19.1 Å². The number of aliphatic hydroxyl groups excluding tert-OH is 1. The summed E-state index contributed by atoms with van der Waals surface area (Å²) >= 11 is 0. The number of hydrogen-bond acceptors (Lipinski definition) is 5. The molecule has 0 saturated carbocycles. The van der Waals surface area contributed by atoms with Crippen molar-refractivity contribution in [2.45, 2.75) is 32.4 Å². The fourth-order valence-electron chi connectivity index (χ4n) is 4.22. The number of benzene rings is 2. The van der Waals surface area contributed by atoms with Gasteiger partial charge in [-0.25, -0.2) is 4.39 Å². The van der Waals surface area contributed by atoms with Crippen molar-refractivity contribution in [1.29, 1.82) is 0 Å². The van der Waals surface area contributed by atoms with Crippen LogP contribution in [0.2, 0.25) is 0 Å². The summed E-state index contributed by atoms with van der Waals surface area (Å²) < 4.78 is 24.1. The number of carboxylic acids is 1. The van der Waals surface area contributed by atoms with Crippen LogP contribution in [0.5, 0.6) is 11.5 Å². The molecule has 0 aliphatic carbocycles. The minimum absolute atomic E-state index is 0.139. The lowest BCUT2D eigenvalue weighted by Gasteiger charge is -2.43. The number of piperidine rings is 1. The third kappa shape index (κ3) is 3.80. The van der Waals surface area contributed by atoms with Gasteiger partial charge in [0, 0.05) is 19.6 Å². The number of fused-ring (bicyclic) bond motifs is 1. The number of hydrogen-bond donors (Lipinski definition) is 2.